The molecule has 0 saturated carbocycles. The van der Waals surface area contributed by atoms with E-state index >= 15 is 0 Å². The fourth-order valence-corrected chi connectivity index (χ4v) is 5.08. The van der Waals surface area contributed by atoms with E-state index in [0.29, 0.717) is 33.6 Å². The lowest BCUT2D eigenvalue weighted by atomic mass is 9.99. The van der Waals surface area contributed by atoms with Crippen molar-refractivity contribution in [3.63, 3.8) is 0 Å². The molecule has 3 N–H and O–H groups in total. The number of ketones is 1. The molecule has 1 saturated heterocycles. The topological polar surface area (TPSA) is 107 Å². The normalized spacial score (nSPS) is 15.7. The standard InChI is InChI=1S/C33H30N6O3/c1-38-15-17-39(18-16-38)27-8-6-25(7-9-27)35-21-29-28-10-5-24(20-30(28)37-33(29)42)31(40)23-3-2-4-26(19-23)36-32(41)22-11-13-34-14-12-22/h2-14,19-21,35H,15-18H2,1H3,(H,36,41)(H,37,42)/b29-21+. The van der Waals surface area contributed by atoms with Crippen LogP contribution in [0.25, 0.3) is 5.57 Å². The molecule has 1 aromatic heterocycles. The fraction of sp³-hybridized carbons (Fsp3) is 0.152. The molecule has 0 atom stereocenters. The van der Waals surface area contributed by atoms with Crippen molar-refractivity contribution < 1.29 is 14.4 Å². The molecule has 3 heterocycles. The van der Waals surface area contributed by atoms with Gasteiger partial charge in [0.25, 0.3) is 11.8 Å². The number of aromatic nitrogens is 1. The Kier molecular flexibility index (Phi) is 7.49. The first kappa shape index (κ1) is 26.9. The summed E-state index contributed by atoms with van der Waals surface area (Å²) in [5.74, 6) is -0.749. The van der Waals surface area contributed by atoms with E-state index in [2.05, 4.69) is 49.9 Å². The lowest BCUT2D eigenvalue weighted by Gasteiger charge is -2.34. The van der Waals surface area contributed by atoms with E-state index in [0.717, 1.165) is 37.4 Å². The van der Waals surface area contributed by atoms with Crippen LogP contribution in [-0.4, -0.2) is 60.7 Å². The minimum absolute atomic E-state index is 0.219. The third kappa shape index (κ3) is 5.77. The first-order valence-electron chi connectivity index (χ1n) is 13.8. The fourth-order valence-electron chi connectivity index (χ4n) is 5.08. The lowest BCUT2D eigenvalue weighted by Crippen LogP contribution is -2.44. The van der Waals surface area contributed by atoms with Crippen molar-refractivity contribution in [2.45, 2.75) is 0 Å². The SMILES string of the molecule is CN1CCN(c2ccc(N/C=C3/C(=O)Nc4cc(C(=O)c5cccc(NC(=O)c6ccncc6)c5)ccc43)cc2)CC1. The van der Waals surface area contributed by atoms with Gasteiger partial charge < -0.3 is 25.8 Å². The summed E-state index contributed by atoms with van der Waals surface area (Å²) >= 11 is 0. The zero-order chi connectivity index (χ0) is 29.1. The predicted octanol–water partition coefficient (Wildman–Crippen LogP) is 4.72. The van der Waals surface area contributed by atoms with E-state index in [1.807, 2.05) is 12.1 Å². The number of hydrogen-bond acceptors (Lipinski definition) is 7. The second-order valence-electron chi connectivity index (χ2n) is 10.4. The highest BCUT2D eigenvalue weighted by Crippen LogP contribution is 2.33. The number of carbonyl (C=O) groups excluding carboxylic acids is 3. The summed E-state index contributed by atoms with van der Waals surface area (Å²) < 4.78 is 0. The second kappa shape index (κ2) is 11.7. The Morgan fingerprint density at radius 1 is 0.833 bits per heavy atom. The van der Waals surface area contributed by atoms with Crippen LogP contribution >= 0.6 is 0 Å². The summed E-state index contributed by atoms with van der Waals surface area (Å²) in [6, 6.07) is 23.4. The molecule has 6 rings (SSSR count). The average Bonchev–Trinajstić information content (AvgIpc) is 3.34. The molecule has 210 valence electrons. The van der Waals surface area contributed by atoms with E-state index in [9.17, 15) is 14.4 Å². The van der Waals surface area contributed by atoms with Crippen molar-refractivity contribution in [3.05, 3.63) is 120 Å². The number of fused-ring (bicyclic) bond motifs is 1. The summed E-state index contributed by atoms with van der Waals surface area (Å²) in [6.45, 7) is 4.10. The van der Waals surface area contributed by atoms with Crippen LogP contribution in [0.4, 0.5) is 22.7 Å². The minimum Gasteiger partial charge on any atom is -0.369 e. The number of rotatable bonds is 7. The largest absolute Gasteiger partial charge is 0.369 e. The number of likely N-dealkylation sites (N-methyl/N-ethyl adjacent to an activating group) is 1. The Hall–Kier alpha value is -5.28. The van der Waals surface area contributed by atoms with Crippen molar-refractivity contribution >= 4 is 45.9 Å². The van der Waals surface area contributed by atoms with Crippen molar-refractivity contribution in [2.75, 3.05) is 54.1 Å². The molecular formula is C33H30N6O3. The molecule has 2 aliphatic rings. The van der Waals surface area contributed by atoms with Gasteiger partial charge in [-0.1, -0.05) is 24.3 Å². The molecule has 0 bridgehead atoms. The van der Waals surface area contributed by atoms with Crippen LogP contribution in [0.1, 0.15) is 31.8 Å². The number of nitrogens with one attached hydrogen (secondary N) is 3. The number of carbonyl (C=O) groups is 3. The van der Waals surface area contributed by atoms with Crippen LogP contribution in [0, 0.1) is 0 Å². The van der Waals surface area contributed by atoms with Gasteiger partial charge >= 0.3 is 0 Å². The zero-order valence-corrected chi connectivity index (χ0v) is 23.1. The summed E-state index contributed by atoms with van der Waals surface area (Å²) in [6.07, 6.45) is 4.79. The van der Waals surface area contributed by atoms with E-state index in [4.69, 9.17) is 0 Å². The third-order valence-electron chi connectivity index (χ3n) is 7.51. The van der Waals surface area contributed by atoms with E-state index in [1.54, 1.807) is 73.2 Å². The summed E-state index contributed by atoms with van der Waals surface area (Å²) in [7, 11) is 2.14. The molecule has 1 fully saturated rings. The number of nitrogens with zero attached hydrogens (tertiary/aromatic N) is 3. The number of amides is 2. The number of anilines is 4. The van der Waals surface area contributed by atoms with Crippen LogP contribution < -0.4 is 20.9 Å². The van der Waals surface area contributed by atoms with Crippen LogP contribution in [0.15, 0.2) is 97.5 Å². The van der Waals surface area contributed by atoms with Crippen LogP contribution in [0.3, 0.4) is 0 Å². The number of hydrogen-bond donors (Lipinski definition) is 3. The van der Waals surface area contributed by atoms with Crippen LogP contribution in [0.5, 0.6) is 0 Å². The zero-order valence-electron chi connectivity index (χ0n) is 23.1. The van der Waals surface area contributed by atoms with E-state index in [1.165, 1.54) is 5.69 Å². The Morgan fingerprint density at radius 2 is 1.57 bits per heavy atom. The van der Waals surface area contributed by atoms with Gasteiger partial charge in [0.05, 0.1) is 5.57 Å². The molecule has 2 amide bonds. The monoisotopic (exact) mass is 558 g/mol. The van der Waals surface area contributed by atoms with Crippen molar-refractivity contribution in [1.29, 1.82) is 0 Å². The molecule has 3 aromatic carbocycles. The molecule has 2 aliphatic heterocycles. The summed E-state index contributed by atoms with van der Waals surface area (Å²) in [5, 5.41) is 8.92. The predicted molar refractivity (Wildman–Crippen MR) is 165 cm³/mol. The van der Waals surface area contributed by atoms with Gasteiger partial charge in [0.1, 0.15) is 0 Å². The quantitative estimate of drug-likeness (QED) is 0.223. The van der Waals surface area contributed by atoms with Crippen LogP contribution in [-0.2, 0) is 4.79 Å². The van der Waals surface area contributed by atoms with Gasteiger partial charge in [-0.15, -0.1) is 0 Å². The Balaban J connectivity index is 1.14. The van der Waals surface area contributed by atoms with Crippen molar-refractivity contribution in [1.82, 2.24) is 9.88 Å². The Morgan fingerprint density at radius 3 is 2.33 bits per heavy atom. The lowest BCUT2D eigenvalue weighted by molar-refractivity contribution is -0.110. The summed E-state index contributed by atoms with van der Waals surface area (Å²) in [4.78, 5) is 47.2. The van der Waals surface area contributed by atoms with E-state index in [-0.39, 0.29) is 17.6 Å². The van der Waals surface area contributed by atoms with Gasteiger partial charge in [0.2, 0.25) is 0 Å². The second-order valence-corrected chi connectivity index (χ2v) is 10.4. The number of benzene rings is 3. The third-order valence-corrected chi connectivity index (χ3v) is 7.51. The molecule has 0 unspecified atom stereocenters. The van der Waals surface area contributed by atoms with Gasteiger partial charge in [-0.05, 0) is 61.6 Å². The molecule has 42 heavy (non-hydrogen) atoms. The molecule has 9 nitrogen and oxygen atoms in total. The molecule has 4 aromatic rings. The number of pyridine rings is 1. The maximum absolute atomic E-state index is 13.3. The van der Waals surface area contributed by atoms with Gasteiger partial charge in [0.15, 0.2) is 5.78 Å². The van der Waals surface area contributed by atoms with Crippen molar-refractivity contribution in [3.8, 4) is 0 Å². The van der Waals surface area contributed by atoms with Gasteiger partial charge in [-0.2, -0.15) is 0 Å². The minimum atomic E-state index is -0.291. The van der Waals surface area contributed by atoms with E-state index < -0.39 is 0 Å². The van der Waals surface area contributed by atoms with Crippen molar-refractivity contribution in [2.24, 2.45) is 0 Å². The van der Waals surface area contributed by atoms with Crippen LogP contribution in [0.2, 0.25) is 0 Å². The first-order chi connectivity index (χ1) is 20.4. The molecule has 0 aliphatic carbocycles. The molecule has 0 radical (unpaired) electrons. The highest BCUT2D eigenvalue weighted by molar-refractivity contribution is 6.32. The van der Waals surface area contributed by atoms with Gasteiger partial charge in [-0.3, -0.25) is 19.4 Å². The summed E-state index contributed by atoms with van der Waals surface area (Å²) in [5.41, 5.74) is 5.68. The maximum atomic E-state index is 13.3. The Labute approximate surface area is 243 Å². The maximum Gasteiger partial charge on any atom is 0.257 e. The molecular weight excluding hydrogens is 528 g/mol. The molecule has 9 heteroatoms. The average molecular weight is 559 g/mol. The Bertz CT molecular complexity index is 1680. The van der Waals surface area contributed by atoms with Gasteiger partial charge in [0, 0.05) is 89.8 Å². The highest BCUT2D eigenvalue weighted by atomic mass is 16.2. The molecule has 0 spiro atoms. The first-order valence-corrected chi connectivity index (χ1v) is 13.8. The smallest absolute Gasteiger partial charge is 0.257 e. The number of piperazine rings is 1. The highest BCUT2D eigenvalue weighted by Gasteiger charge is 2.25. The van der Waals surface area contributed by atoms with Gasteiger partial charge in [-0.25, -0.2) is 0 Å².